The number of hydrogen-bond donors (Lipinski definition) is 2. The molecule has 0 atom stereocenters. The van der Waals surface area contributed by atoms with Gasteiger partial charge in [0.05, 0.1) is 25.1 Å². The summed E-state index contributed by atoms with van der Waals surface area (Å²) in [6.07, 6.45) is 2.44. The zero-order chi connectivity index (χ0) is 22.6. The van der Waals surface area contributed by atoms with Crippen molar-refractivity contribution in [1.29, 1.82) is 0 Å². The Balaban J connectivity index is 1.30. The number of amides is 1. The first-order valence-electron chi connectivity index (χ1n) is 11.1. The fourth-order valence-corrected chi connectivity index (χ4v) is 4.23. The van der Waals surface area contributed by atoms with Crippen molar-refractivity contribution < 1.29 is 13.9 Å². The molecule has 2 aromatic carbocycles. The van der Waals surface area contributed by atoms with E-state index >= 15 is 0 Å². The van der Waals surface area contributed by atoms with Gasteiger partial charge < -0.3 is 19.9 Å². The van der Waals surface area contributed by atoms with Crippen LogP contribution in [0.2, 0.25) is 0 Å². The minimum atomic E-state index is -0.293. The molecule has 5 rings (SSSR count). The Hall–Kier alpha value is -3.71. The van der Waals surface area contributed by atoms with Gasteiger partial charge in [-0.15, -0.1) is 0 Å². The number of H-pyrrole nitrogens is 1. The number of halogens is 1. The van der Waals surface area contributed by atoms with E-state index in [0.717, 1.165) is 46.6 Å². The molecule has 0 spiro atoms. The first kappa shape index (κ1) is 21.2. The summed E-state index contributed by atoms with van der Waals surface area (Å²) >= 11 is 0. The maximum atomic E-state index is 14.0. The topological polar surface area (TPSA) is 70.2 Å². The van der Waals surface area contributed by atoms with Gasteiger partial charge in [-0.1, -0.05) is 30.3 Å². The molecule has 2 N–H and O–H groups in total. The molecule has 6 nitrogen and oxygen atoms in total. The van der Waals surface area contributed by atoms with Gasteiger partial charge in [0.1, 0.15) is 11.6 Å². The van der Waals surface area contributed by atoms with E-state index in [1.165, 1.54) is 12.1 Å². The van der Waals surface area contributed by atoms with Gasteiger partial charge in [0.25, 0.3) is 0 Å². The van der Waals surface area contributed by atoms with E-state index in [-0.39, 0.29) is 18.1 Å². The maximum absolute atomic E-state index is 14.0. The minimum Gasteiger partial charge on any atom is -0.378 e. The summed E-state index contributed by atoms with van der Waals surface area (Å²) in [5, 5.41) is 3.73. The molecule has 1 aliphatic rings. The van der Waals surface area contributed by atoms with Crippen LogP contribution in [0.5, 0.6) is 0 Å². The van der Waals surface area contributed by atoms with Crippen molar-refractivity contribution in [3.8, 4) is 11.3 Å². The van der Waals surface area contributed by atoms with Crippen LogP contribution >= 0.6 is 0 Å². The SMILES string of the molecule is O=C(CCc1c(-c2ccccc2)[nH]c2ccc(F)cc12)Nc1ccc(N2CCOCC2)nc1. The average Bonchev–Trinajstić information content (AvgIpc) is 3.22. The van der Waals surface area contributed by atoms with Crippen LogP contribution in [-0.4, -0.2) is 42.2 Å². The lowest BCUT2D eigenvalue weighted by Gasteiger charge is -2.27. The number of hydrogen-bond acceptors (Lipinski definition) is 4. The lowest BCUT2D eigenvalue weighted by molar-refractivity contribution is -0.116. The molecule has 1 aliphatic heterocycles. The zero-order valence-electron chi connectivity index (χ0n) is 18.2. The predicted octanol–water partition coefficient (Wildman–Crippen LogP) is 4.78. The highest BCUT2D eigenvalue weighted by molar-refractivity contribution is 5.94. The van der Waals surface area contributed by atoms with Crippen molar-refractivity contribution in [3.63, 3.8) is 0 Å². The van der Waals surface area contributed by atoms with Crippen molar-refractivity contribution in [3.05, 3.63) is 78.2 Å². The van der Waals surface area contributed by atoms with Crippen LogP contribution in [0.1, 0.15) is 12.0 Å². The quantitative estimate of drug-likeness (QED) is 0.449. The first-order chi connectivity index (χ1) is 16.2. The van der Waals surface area contributed by atoms with Crippen LogP contribution in [0.25, 0.3) is 22.2 Å². The van der Waals surface area contributed by atoms with Gasteiger partial charge in [-0.2, -0.15) is 0 Å². The molecular formula is C26H25FN4O2. The molecule has 1 fully saturated rings. The number of fused-ring (bicyclic) bond motifs is 1. The second-order valence-corrected chi connectivity index (χ2v) is 8.09. The Kier molecular flexibility index (Phi) is 6.04. The number of nitrogens with one attached hydrogen (secondary N) is 2. The molecule has 0 saturated carbocycles. The number of benzene rings is 2. The molecule has 2 aromatic heterocycles. The number of nitrogens with zero attached hydrogens (tertiary/aromatic N) is 2. The third kappa shape index (κ3) is 4.73. The summed E-state index contributed by atoms with van der Waals surface area (Å²) in [5.41, 5.74) is 4.37. The predicted molar refractivity (Wildman–Crippen MR) is 128 cm³/mol. The summed E-state index contributed by atoms with van der Waals surface area (Å²) in [5.74, 6) is 0.476. The molecule has 4 aromatic rings. The summed E-state index contributed by atoms with van der Waals surface area (Å²) in [4.78, 5) is 22.7. The molecule has 0 aliphatic carbocycles. The maximum Gasteiger partial charge on any atom is 0.224 e. The lowest BCUT2D eigenvalue weighted by Crippen LogP contribution is -2.36. The third-order valence-electron chi connectivity index (χ3n) is 5.90. The average molecular weight is 445 g/mol. The van der Waals surface area contributed by atoms with Gasteiger partial charge in [0.2, 0.25) is 5.91 Å². The number of pyridine rings is 1. The summed E-state index contributed by atoms with van der Waals surface area (Å²) in [7, 11) is 0. The molecule has 3 heterocycles. The van der Waals surface area contributed by atoms with Crippen molar-refractivity contribution in [2.45, 2.75) is 12.8 Å². The molecule has 7 heteroatoms. The summed E-state index contributed by atoms with van der Waals surface area (Å²) in [6.45, 7) is 3.02. The van der Waals surface area contributed by atoms with E-state index < -0.39 is 0 Å². The standard InChI is InChI=1S/C26H25FN4O2/c27-19-6-9-23-22(16-19)21(26(30-23)18-4-2-1-3-5-18)8-11-25(32)29-20-7-10-24(28-17-20)31-12-14-33-15-13-31/h1-7,9-10,16-17,30H,8,11-15H2,(H,29,32). The van der Waals surface area contributed by atoms with Gasteiger partial charge >= 0.3 is 0 Å². The van der Waals surface area contributed by atoms with Crippen LogP contribution in [0.15, 0.2) is 66.9 Å². The van der Waals surface area contributed by atoms with Crippen LogP contribution in [0, 0.1) is 5.82 Å². The van der Waals surface area contributed by atoms with Gasteiger partial charge in [0, 0.05) is 36.1 Å². The lowest BCUT2D eigenvalue weighted by atomic mass is 10.0. The van der Waals surface area contributed by atoms with Crippen molar-refractivity contribution in [2.24, 2.45) is 0 Å². The fourth-order valence-electron chi connectivity index (χ4n) is 4.23. The smallest absolute Gasteiger partial charge is 0.224 e. The van der Waals surface area contributed by atoms with Gasteiger partial charge in [-0.05, 0) is 47.9 Å². The van der Waals surface area contributed by atoms with Crippen molar-refractivity contribution in [1.82, 2.24) is 9.97 Å². The van der Waals surface area contributed by atoms with Crippen LogP contribution < -0.4 is 10.2 Å². The molecule has 168 valence electrons. The second-order valence-electron chi connectivity index (χ2n) is 8.09. The van der Waals surface area contributed by atoms with Gasteiger partial charge in [0.15, 0.2) is 0 Å². The Labute approximate surface area is 191 Å². The van der Waals surface area contributed by atoms with E-state index in [4.69, 9.17) is 4.74 Å². The Morgan fingerprint density at radius 3 is 2.67 bits per heavy atom. The molecule has 1 saturated heterocycles. The van der Waals surface area contributed by atoms with Crippen molar-refractivity contribution in [2.75, 3.05) is 36.5 Å². The number of morpholine rings is 1. The van der Waals surface area contributed by atoms with E-state index in [0.29, 0.717) is 25.3 Å². The Morgan fingerprint density at radius 1 is 1.09 bits per heavy atom. The van der Waals surface area contributed by atoms with Crippen LogP contribution in [-0.2, 0) is 16.0 Å². The van der Waals surface area contributed by atoms with E-state index in [9.17, 15) is 9.18 Å². The first-order valence-corrected chi connectivity index (χ1v) is 11.1. The molecule has 0 unspecified atom stereocenters. The van der Waals surface area contributed by atoms with E-state index in [1.54, 1.807) is 12.3 Å². The second kappa shape index (κ2) is 9.42. The van der Waals surface area contributed by atoms with Crippen LogP contribution in [0.3, 0.4) is 0 Å². The highest BCUT2D eigenvalue weighted by Gasteiger charge is 2.16. The monoisotopic (exact) mass is 444 g/mol. The number of aryl methyl sites for hydroxylation is 1. The Bertz CT molecular complexity index is 1250. The molecule has 0 bridgehead atoms. The third-order valence-corrected chi connectivity index (χ3v) is 5.90. The summed E-state index contributed by atoms with van der Waals surface area (Å²) < 4.78 is 19.3. The van der Waals surface area contributed by atoms with E-state index in [2.05, 4.69) is 20.2 Å². The minimum absolute atomic E-state index is 0.110. The van der Waals surface area contributed by atoms with E-state index in [1.807, 2.05) is 42.5 Å². The molecular weight excluding hydrogens is 419 g/mol. The Morgan fingerprint density at radius 2 is 1.91 bits per heavy atom. The largest absolute Gasteiger partial charge is 0.378 e. The zero-order valence-corrected chi connectivity index (χ0v) is 18.2. The fraction of sp³-hybridized carbons (Fsp3) is 0.231. The number of carbonyl (C=O) groups is 1. The number of ether oxygens (including phenoxy) is 1. The molecule has 0 radical (unpaired) electrons. The normalized spacial score (nSPS) is 13.9. The number of aromatic nitrogens is 2. The highest BCUT2D eigenvalue weighted by Crippen LogP contribution is 2.32. The summed E-state index contributed by atoms with van der Waals surface area (Å²) in [6, 6.07) is 18.4. The van der Waals surface area contributed by atoms with Crippen molar-refractivity contribution >= 4 is 28.3 Å². The van der Waals surface area contributed by atoms with Gasteiger partial charge in [-0.3, -0.25) is 4.79 Å². The van der Waals surface area contributed by atoms with Crippen LogP contribution in [0.4, 0.5) is 15.9 Å². The number of rotatable bonds is 6. The number of aromatic amines is 1. The highest BCUT2D eigenvalue weighted by atomic mass is 19.1. The van der Waals surface area contributed by atoms with Gasteiger partial charge in [-0.25, -0.2) is 9.37 Å². The number of carbonyl (C=O) groups excluding carboxylic acids is 1. The number of anilines is 2. The molecule has 33 heavy (non-hydrogen) atoms. The molecule has 1 amide bonds.